The highest BCUT2D eigenvalue weighted by Crippen LogP contribution is 2.25. The van der Waals surface area contributed by atoms with Crippen molar-refractivity contribution in [3.05, 3.63) is 58.1 Å². The molecule has 0 heterocycles. The van der Waals surface area contributed by atoms with Gasteiger partial charge in [0.1, 0.15) is 0 Å². The molecular weight excluding hydrogens is 416 g/mol. The Labute approximate surface area is 163 Å². The third kappa shape index (κ3) is 5.57. The molecule has 5 nitrogen and oxygen atoms in total. The van der Waals surface area contributed by atoms with Crippen LogP contribution in [-0.4, -0.2) is 27.1 Å². The summed E-state index contributed by atoms with van der Waals surface area (Å²) in [6, 6.07) is 13.1. The first-order chi connectivity index (χ1) is 12.2. The van der Waals surface area contributed by atoms with Gasteiger partial charge in [-0.2, -0.15) is 0 Å². The molecule has 2 rings (SSSR count). The highest BCUT2D eigenvalue weighted by atomic mass is 79.9. The van der Waals surface area contributed by atoms with Crippen molar-refractivity contribution >= 4 is 43.2 Å². The number of anilines is 2. The number of nitrogens with one attached hydrogen (secondary N) is 1. The second kappa shape index (κ2) is 8.68. The second-order valence-electron chi connectivity index (χ2n) is 6.26. The minimum Gasteiger partial charge on any atom is -0.325 e. The van der Waals surface area contributed by atoms with Gasteiger partial charge in [0.15, 0.2) is 0 Å². The molecular formula is C19H23BrN2O3S. The van der Waals surface area contributed by atoms with Gasteiger partial charge in [-0.1, -0.05) is 24.3 Å². The van der Waals surface area contributed by atoms with Crippen LogP contribution in [0.4, 0.5) is 11.4 Å². The maximum atomic E-state index is 12.2. The Morgan fingerprint density at radius 2 is 1.85 bits per heavy atom. The van der Waals surface area contributed by atoms with Gasteiger partial charge in [-0.05, 0) is 65.5 Å². The van der Waals surface area contributed by atoms with Crippen molar-refractivity contribution < 1.29 is 13.2 Å². The number of halogens is 1. The van der Waals surface area contributed by atoms with E-state index in [0.717, 1.165) is 15.6 Å². The normalized spacial score (nSPS) is 11.2. The van der Waals surface area contributed by atoms with Crippen LogP contribution in [0.1, 0.15) is 24.0 Å². The van der Waals surface area contributed by atoms with Crippen LogP contribution in [0, 0.1) is 13.8 Å². The fourth-order valence-corrected chi connectivity index (χ4v) is 4.01. The molecule has 0 spiro atoms. The van der Waals surface area contributed by atoms with E-state index in [2.05, 4.69) is 21.2 Å². The molecule has 0 radical (unpaired) electrons. The van der Waals surface area contributed by atoms with E-state index < -0.39 is 10.0 Å². The first-order valence-electron chi connectivity index (χ1n) is 8.28. The van der Waals surface area contributed by atoms with Crippen molar-refractivity contribution in [1.29, 1.82) is 0 Å². The Kier molecular flexibility index (Phi) is 6.83. The fraction of sp³-hybridized carbons (Fsp3) is 0.316. The highest BCUT2D eigenvalue weighted by Gasteiger charge is 2.19. The van der Waals surface area contributed by atoms with Gasteiger partial charge in [-0.25, -0.2) is 8.42 Å². The summed E-state index contributed by atoms with van der Waals surface area (Å²) in [5.74, 6) is -0.147. The molecule has 0 atom stereocenters. The molecule has 2 aromatic rings. The first-order valence-corrected chi connectivity index (χ1v) is 10.9. The molecule has 7 heteroatoms. The van der Waals surface area contributed by atoms with Crippen LogP contribution >= 0.6 is 15.9 Å². The molecule has 0 saturated heterocycles. The zero-order chi connectivity index (χ0) is 19.3. The molecule has 0 bridgehead atoms. The minimum absolute atomic E-state index is 0.147. The molecule has 26 heavy (non-hydrogen) atoms. The van der Waals surface area contributed by atoms with Crippen LogP contribution in [0.25, 0.3) is 0 Å². The van der Waals surface area contributed by atoms with E-state index in [0.29, 0.717) is 17.8 Å². The Balaban J connectivity index is 2.03. The predicted octanol–water partition coefficient (Wildman–Crippen LogP) is 4.25. The molecule has 0 saturated carbocycles. The number of rotatable bonds is 7. The van der Waals surface area contributed by atoms with E-state index in [4.69, 9.17) is 0 Å². The number of aryl methyl sites for hydroxylation is 2. The van der Waals surface area contributed by atoms with E-state index in [1.165, 1.54) is 10.6 Å². The maximum absolute atomic E-state index is 12.2. The van der Waals surface area contributed by atoms with E-state index in [9.17, 15) is 13.2 Å². The van der Waals surface area contributed by atoms with Gasteiger partial charge in [0.25, 0.3) is 0 Å². The Bertz CT molecular complexity index is 897. The summed E-state index contributed by atoms with van der Waals surface area (Å²) in [7, 11) is -3.43. The predicted molar refractivity (Wildman–Crippen MR) is 110 cm³/mol. The second-order valence-corrected chi connectivity index (χ2v) is 9.02. The zero-order valence-electron chi connectivity index (χ0n) is 15.1. The number of nitrogens with zero attached hydrogens (tertiary/aromatic N) is 1. The van der Waals surface area contributed by atoms with Crippen LogP contribution in [-0.2, 0) is 14.8 Å². The molecule has 1 amide bonds. The van der Waals surface area contributed by atoms with Gasteiger partial charge in [0.05, 0.1) is 17.6 Å². The van der Waals surface area contributed by atoms with Crippen molar-refractivity contribution in [2.75, 3.05) is 22.4 Å². The number of amides is 1. The zero-order valence-corrected chi connectivity index (χ0v) is 17.5. The number of sulfonamides is 1. The number of hydrogen-bond donors (Lipinski definition) is 1. The van der Waals surface area contributed by atoms with E-state index >= 15 is 0 Å². The molecule has 0 unspecified atom stereocenters. The number of hydrogen-bond acceptors (Lipinski definition) is 3. The third-order valence-corrected chi connectivity index (χ3v) is 5.82. The average Bonchev–Trinajstić information content (AvgIpc) is 2.55. The van der Waals surface area contributed by atoms with Crippen molar-refractivity contribution in [2.24, 2.45) is 0 Å². The monoisotopic (exact) mass is 438 g/mol. The molecule has 0 aliphatic carbocycles. The first kappa shape index (κ1) is 20.5. The molecule has 140 valence electrons. The third-order valence-electron chi connectivity index (χ3n) is 3.95. The standard InChI is InChI=1S/C19H23BrN2O3S/c1-14-10-11-15(2)18(13-14)22(26(3,24)25)12-6-9-19(23)21-17-8-5-4-7-16(17)20/h4-5,7-8,10-11,13H,6,9,12H2,1-3H3,(H,21,23). The minimum atomic E-state index is -3.43. The van der Waals surface area contributed by atoms with Gasteiger partial charge in [-0.3, -0.25) is 9.10 Å². The average molecular weight is 439 g/mol. The molecule has 0 fully saturated rings. The van der Waals surface area contributed by atoms with Crippen LogP contribution in [0.2, 0.25) is 0 Å². The Hall–Kier alpha value is -1.86. The summed E-state index contributed by atoms with van der Waals surface area (Å²) >= 11 is 3.39. The SMILES string of the molecule is Cc1ccc(C)c(N(CCCC(=O)Nc2ccccc2Br)S(C)(=O)=O)c1. The highest BCUT2D eigenvalue weighted by molar-refractivity contribution is 9.10. The van der Waals surface area contributed by atoms with E-state index in [1.807, 2.05) is 50.2 Å². The summed E-state index contributed by atoms with van der Waals surface area (Å²) in [6.45, 7) is 4.06. The lowest BCUT2D eigenvalue weighted by molar-refractivity contribution is -0.116. The smallest absolute Gasteiger partial charge is 0.232 e. The number of carbonyl (C=O) groups excluding carboxylic acids is 1. The van der Waals surface area contributed by atoms with Crippen LogP contribution in [0.15, 0.2) is 46.9 Å². The van der Waals surface area contributed by atoms with Crippen molar-refractivity contribution in [3.8, 4) is 0 Å². The van der Waals surface area contributed by atoms with Crippen LogP contribution in [0.5, 0.6) is 0 Å². The van der Waals surface area contributed by atoms with E-state index in [1.54, 1.807) is 6.07 Å². The van der Waals surface area contributed by atoms with Gasteiger partial charge in [0, 0.05) is 17.4 Å². The lowest BCUT2D eigenvalue weighted by atomic mass is 10.1. The van der Waals surface area contributed by atoms with E-state index in [-0.39, 0.29) is 18.9 Å². The summed E-state index contributed by atoms with van der Waals surface area (Å²) in [5, 5.41) is 2.83. The fourth-order valence-electron chi connectivity index (χ4n) is 2.61. The summed E-state index contributed by atoms with van der Waals surface area (Å²) in [6.07, 6.45) is 1.85. The van der Waals surface area contributed by atoms with Gasteiger partial charge in [0.2, 0.25) is 15.9 Å². The largest absolute Gasteiger partial charge is 0.325 e. The lowest BCUT2D eigenvalue weighted by Crippen LogP contribution is -2.32. The number of para-hydroxylation sites is 1. The van der Waals surface area contributed by atoms with Crippen molar-refractivity contribution in [2.45, 2.75) is 26.7 Å². The lowest BCUT2D eigenvalue weighted by Gasteiger charge is -2.24. The quantitative estimate of drug-likeness (QED) is 0.702. The Morgan fingerprint density at radius 1 is 1.15 bits per heavy atom. The van der Waals surface area contributed by atoms with Gasteiger partial charge >= 0.3 is 0 Å². The Morgan fingerprint density at radius 3 is 2.50 bits per heavy atom. The summed E-state index contributed by atoms with van der Waals surface area (Å²) in [5.41, 5.74) is 3.25. The molecule has 0 aliphatic heterocycles. The van der Waals surface area contributed by atoms with Crippen molar-refractivity contribution in [3.63, 3.8) is 0 Å². The molecule has 0 aliphatic rings. The number of benzene rings is 2. The van der Waals surface area contributed by atoms with Crippen LogP contribution in [0.3, 0.4) is 0 Å². The van der Waals surface area contributed by atoms with Gasteiger partial charge < -0.3 is 5.32 Å². The van der Waals surface area contributed by atoms with Crippen LogP contribution < -0.4 is 9.62 Å². The molecule has 1 N–H and O–H groups in total. The topological polar surface area (TPSA) is 66.5 Å². The molecule has 0 aromatic heterocycles. The number of carbonyl (C=O) groups is 1. The summed E-state index contributed by atoms with van der Waals surface area (Å²) < 4.78 is 26.6. The maximum Gasteiger partial charge on any atom is 0.232 e. The molecule has 2 aromatic carbocycles. The van der Waals surface area contributed by atoms with Crippen molar-refractivity contribution in [1.82, 2.24) is 0 Å². The summed E-state index contributed by atoms with van der Waals surface area (Å²) in [4.78, 5) is 12.2. The van der Waals surface area contributed by atoms with Gasteiger partial charge in [-0.15, -0.1) is 0 Å².